The van der Waals surface area contributed by atoms with Crippen LogP contribution in [0.3, 0.4) is 0 Å². The van der Waals surface area contributed by atoms with Gasteiger partial charge in [0.15, 0.2) is 0 Å². The van der Waals surface area contributed by atoms with Crippen LogP contribution in [-0.2, 0) is 11.3 Å². The summed E-state index contributed by atoms with van der Waals surface area (Å²) in [5, 5.41) is 0. The molecule has 0 saturated heterocycles. The third-order valence-corrected chi connectivity index (χ3v) is 2.65. The van der Waals surface area contributed by atoms with E-state index in [0.29, 0.717) is 6.54 Å². The molecule has 0 aliphatic heterocycles. The summed E-state index contributed by atoms with van der Waals surface area (Å²) in [6, 6.07) is 5.59. The van der Waals surface area contributed by atoms with Crippen molar-refractivity contribution in [1.29, 1.82) is 0 Å². The lowest BCUT2D eigenvalue weighted by Crippen LogP contribution is -2.37. The van der Waals surface area contributed by atoms with Crippen molar-refractivity contribution in [3.05, 3.63) is 30.1 Å². The van der Waals surface area contributed by atoms with Crippen LogP contribution in [-0.4, -0.2) is 27.8 Å². The third kappa shape index (κ3) is 3.27. The van der Waals surface area contributed by atoms with Crippen LogP contribution in [0.1, 0.15) is 12.6 Å². The molecule has 1 atom stereocenters. The average molecular weight is 237 g/mol. The predicted molar refractivity (Wildman–Crippen MR) is 66.7 cm³/mol. The highest BCUT2D eigenvalue weighted by molar-refractivity contribution is 7.80. The van der Waals surface area contributed by atoms with Gasteiger partial charge in [0, 0.05) is 13.2 Å². The van der Waals surface area contributed by atoms with Gasteiger partial charge in [-0.05, 0) is 19.1 Å². The molecule has 0 radical (unpaired) electrons. The monoisotopic (exact) mass is 237 g/mol. The number of thiocarbonyl (C=S) groups is 1. The molecule has 16 heavy (non-hydrogen) atoms. The van der Waals surface area contributed by atoms with Crippen molar-refractivity contribution in [2.24, 2.45) is 11.7 Å². The first kappa shape index (κ1) is 12.6. The van der Waals surface area contributed by atoms with Gasteiger partial charge in [-0.2, -0.15) is 0 Å². The first-order valence-corrected chi connectivity index (χ1v) is 5.37. The minimum absolute atomic E-state index is 0.0850. The van der Waals surface area contributed by atoms with Crippen molar-refractivity contribution < 1.29 is 4.79 Å². The van der Waals surface area contributed by atoms with E-state index in [4.69, 9.17) is 18.0 Å². The van der Waals surface area contributed by atoms with E-state index in [9.17, 15) is 4.79 Å². The number of rotatable bonds is 4. The molecule has 0 bridgehead atoms. The summed E-state index contributed by atoms with van der Waals surface area (Å²) in [5.41, 5.74) is 6.28. The van der Waals surface area contributed by atoms with Crippen LogP contribution in [0.2, 0.25) is 0 Å². The summed E-state index contributed by atoms with van der Waals surface area (Å²) in [7, 11) is 1.71. The van der Waals surface area contributed by atoms with E-state index >= 15 is 0 Å². The van der Waals surface area contributed by atoms with E-state index < -0.39 is 5.92 Å². The highest BCUT2D eigenvalue weighted by Crippen LogP contribution is 2.05. The minimum Gasteiger partial charge on any atom is -0.393 e. The Kier molecular flexibility index (Phi) is 4.37. The predicted octanol–water partition coefficient (Wildman–Crippen LogP) is 0.962. The SMILES string of the molecule is CC(C(=O)N(C)Cc1ccccn1)C(N)=S. The Bertz CT molecular complexity index is 380. The highest BCUT2D eigenvalue weighted by Gasteiger charge is 2.19. The largest absolute Gasteiger partial charge is 0.393 e. The molecule has 86 valence electrons. The Morgan fingerprint density at radius 1 is 1.62 bits per heavy atom. The van der Waals surface area contributed by atoms with E-state index in [-0.39, 0.29) is 10.9 Å². The number of nitrogens with two attached hydrogens (primary N) is 1. The van der Waals surface area contributed by atoms with Crippen molar-refractivity contribution in [3.8, 4) is 0 Å². The molecule has 1 rings (SSSR count). The molecule has 0 fully saturated rings. The van der Waals surface area contributed by atoms with Gasteiger partial charge in [0.05, 0.1) is 23.1 Å². The molecule has 5 heteroatoms. The minimum atomic E-state index is -0.427. The zero-order valence-corrected chi connectivity index (χ0v) is 10.2. The van der Waals surface area contributed by atoms with Crippen LogP contribution in [0.15, 0.2) is 24.4 Å². The molecule has 0 aliphatic rings. The quantitative estimate of drug-likeness (QED) is 0.792. The fraction of sp³-hybridized carbons (Fsp3) is 0.364. The molecular formula is C11H15N3OS. The number of hydrogen-bond donors (Lipinski definition) is 1. The van der Waals surface area contributed by atoms with Gasteiger partial charge in [-0.1, -0.05) is 18.3 Å². The van der Waals surface area contributed by atoms with Crippen LogP contribution in [0.25, 0.3) is 0 Å². The topological polar surface area (TPSA) is 59.2 Å². The summed E-state index contributed by atoms with van der Waals surface area (Å²) in [6.07, 6.45) is 1.70. The second kappa shape index (κ2) is 5.55. The van der Waals surface area contributed by atoms with Crippen LogP contribution < -0.4 is 5.73 Å². The Morgan fingerprint density at radius 2 is 2.31 bits per heavy atom. The standard InChI is InChI=1S/C11H15N3OS/c1-8(10(12)16)11(15)14(2)7-9-5-3-4-6-13-9/h3-6,8H,7H2,1-2H3,(H2,12,16). The van der Waals surface area contributed by atoms with Gasteiger partial charge < -0.3 is 10.6 Å². The number of pyridine rings is 1. The zero-order chi connectivity index (χ0) is 12.1. The molecule has 1 aromatic rings. The van der Waals surface area contributed by atoms with E-state index in [1.54, 1.807) is 25.1 Å². The Morgan fingerprint density at radius 3 is 2.81 bits per heavy atom. The van der Waals surface area contributed by atoms with Gasteiger partial charge >= 0.3 is 0 Å². The Labute approximate surface area is 100 Å². The van der Waals surface area contributed by atoms with E-state index in [0.717, 1.165) is 5.69 Å². The molecule has 1 aromatic heterocycles. The first-order chi connectivity index (χ1) is 7.52. The summed E-state index contributed by atoms with van der Waals surface area (Å²) in [5.74, 6) is -0.512. The summed E-state index contributed by atoms with van der Waals surface area (Å²) in [4.78, 5) is 17.8. The Hall–Kier alpha value is -1.49. The van der Waals surface area contributed by atoms with Crippen molar-refractivity contribution in [1.82, 2.24) is 9.88 Å². The van der Waals surface area contributed by atoms with Gasteiger partial charge in [-0.25, -0.2) is 0 Å². The molecule has 1 heterocycles. The molecule has 0 aromatic carbocycles. The molecular weight excluding hydrogens is 222 g/mol. The number of nitrogens with zero attached hydrogens (tertiary/aromatic N) is 2. The first-order valence-electron chi connectivity index (χ1n) is 4.96. The second-order valence-corrected chi connectivity index (χ2v) is 4.11. The van der Waals surface area contributed by atoms with Crippen molar-refractivity contribution in [2.45, 2.75) is 13.5 Å². The second-order valence-electron chi connectivity index (χ2n) is 3.64. The van der Waals surface area contributed by atoms with Gasteiger partial charge in [0.25, 0.3) is 0 Å². The molecule has 1 unspecified atom stereocenters. The lowest BCUT2D eigenvalue weighted by atomic mass is 10.1. The van der Waals surface area contributed by atoms with Crippen molar-refractivity contribution >= 4 is 23.1 Å². The Balaban J connectivity index is 2.62. The van der Waals surface area contributed by atoms with Crippen molar-refractivity contribution in [2.75, 3.05) is 7.05 Å². The fourth-order valence-corrected chi connectivity index (χ4v) is 1.37. The lowest BCUT2D eigenvalue weighted by Gasteiger charge is -2.20. The lowest BCUT2D eigenvalue weighted by molar-refractivity contribution is -0.132. The molecule has 4 nitrogen and oxygen atoms in total. The number of hydrogen-bond acceptors (Lipinski definition) is 3. The molecule has 0 saturated carbocycles. The van der Waals surface area contributed by atoms with Gasteiger partial charge in [0.2, 0.25) is 5.91 Å². The average Bonchev–Trinajstić information content (AvgIpc) is 2.28. The molecule has 0 spiro atoms. The summed E-state index contributed by atoms with van der Waals surface area (Å²) >= 11 is 4.79. The molecule has 2 N–H and O–H groups in total. The highest BCUT2D eigenvalue weighted by atomic mass is 32.1. The van der Waals surface area contributed by atoms with E-state index in [1.165, 1.54) is 0 Å². The fourth-order valence-electron chi connectivity index (χ4n) is 1.26. The zero-order valence-electron chi connectivity index (χ0n) is 9.38. The maximum atomic E-state index is 11.8. The molecule has 0 aliphatic carbocycles. The maximum Gasteiger partial charge on any atom is 0.232 e. The maximum absolute atomic E-state index is 11.8. The normalized spacial score (nSPS) is 11.9. The number of amides is 1. The van der Waals surface area contributed by atoms with E-state index in [1.807, 2.05) is 18.2 Å². The smallest absolute Gasteiger partial charge is 0.232 e. The van der Waals surface area contributed by atoms with Crippen LogP contribution in [0.4, 0.5) is 0 Å². The van der Waals surface area contributed by atoms with Gasteiger partial charge in [0.1, 0.15) is 0 Å². The van der Waals surface area contributed by atoms with E-state index in [2.05, 4.69) is 4.98 Å². The molecule has 1 amide bonds. The summed E-state index contributed by atoms with van der Waals surface area (Å²) < 4.78 is 0. The third-order valence-electron chi connectivity index (χ3n) is 2.30. The van der Waals surface area contributed by atoms with Crippen LogP contribution >= 0.6 is 12.2 Å². The van der Waals surface area contributed by atoms with Crippen LogP contribution in [0.5, 0.6) is 0 Å². The summed E-state index contributed by atoms with van der Waals surface area (Å²) in [6.45, 7) is 2.17. The number of carbonyl (C=O) groups is 1. The van der Waals surface area contributed by atoms with Crippen molar-refractivity contribution in [3.63, 3.8) is 0 Å². The van der Waals surface area contributed by atoms with Gasteiger partial charge in [-0.15, -0.1) is 0 Å². The number of carbonyl (C=O) groups excluding carboxylic acids is 1. The van der Waals surface area contributed by atoms with Crippen LogP contribution in [0, 0.1) is 5.92 Å². The number of aromatic nitrogens is 1. The van der Waals surface area contributed by atoms with Gasteiger partial charge in [-0.3, -0.25) is 9.78 Å².